The minimum Gasteiger partial charge on any atom is -0.480 e. The fourth-order valence-electron chi connectivity index (χ4n) is 1.70. The fraction of sp³-hybridized carbons (Fsp3) is 0.333. The van der Waals surface area contributed by atoms with Crippen LogP contribution in [0.4, 0.5) is 0 Å². The van der Waals surface area contributed by atoms with Gasteiger partial charge in [0.05, 0.1) is 5.69 Å². The fourth-order valence-corrected chi connectivity index (χ4v) is 1.70. The van der Waals surface area contributed by atoms with Crippen LogP contribution in [0.3, 0.4) is 0 Å². The van der Waals surface area contributed by atoms with Crippen LogP contribution < -0.4 is 0 Å². The number of carboxylic acid groups (broad SMARTS) is 1. The molecule has 0 aliphatic rings. The summed E-state index contributed by atoms with van der Waals surface area (Å²) in [6.45, 7) is 3.73. The summed E-state index contributed by atoms with van der Waals surface area (Å²) < 4.78 is 5.44. The highest BCUT2D eigenvalue weighted by molar-refractivity contribution is 5.77. The molecule has 1 N–H and O–H groups in total. The lowest BCUT2D eigenvalue weighted by atomic mass is 10.0. The van der Waals surface area contributed by atoms with E-state index >= 15 is 0 Å². The van der Waals surface area contributed by atoms with E-state index in [9.17, 15) is 9.90 Å². The van der Waals surface area contributed by atoms with E-state index in [-0.39, 0.29) is 0 Å². The Balaban J connectivity index is 2.13. The number of aromatic nitrogens is 1. The first-order valence-corrected chi connectivity index (χ1v) is 6.35. The number of benzene rings is 1. The Hall–Kier alpha value is -2.14. The van der Waals surface area contributed by atoms with E-state index in [1.165, 1.54) is 0 Å². The minimum absolute atomic E-state index is 0.412. The van der Waals surface area contributed by atoms with Gasteiger partial charge in [-0.3, -0.25) is 9.69 Å². The summed E-state index contributed by atoms with van der Waals surface area (Å²) in [7, 11) is 1.75. The molecule has 0 atom stereocenters. The summed E-state index contributed by atoms with van der Waals surface area (Å²) >= 11 is 0. The number of hydrogen-bond acceptors (Lipinski definition) is 4. The Morgan fingerprint density at radius 1 is 1.35 bits per heavy atom. The number of likely N-dealkylation sites (N-methyl/N-ethyl adjacent to an activating group) is 1. The third kappa shape index (κ3) is 2.88. The Morgan fingerprint density at radius 3 is 2.60 bits per heavy atom. The molecule has 0 radical (unpaired) electrons. The van der Waals surface area contributed by atoms with Crippen molar-refractivity contribution in [3.8, 4) is 11.5 Å². The van der Waals surface area contributed by atoms with Gasteiger partial charge in [-0.15, -0.1) is 0 Å². The van der Waals surface area contributed by atoms with Crippen LogP contribution in [0, 0.1) is 0 Å². The largest absolute Gasteiger partial charge is 0.480 e. The normalized spacial score (nSPS) is 11.8. The van der Waals surface area contributed by atoms with Crippen molar-refractivity contribution in [1.82, 2.24) is 9.88 Å². The second-order valence-corrected chi connectivity index (χ2v) is 5.23. The van der Waals surface area contributed by atoms with Crippen LogP contribution in [0.15, 0.2) is 41.0 Å². The van der Waals surface area contributed by atoms with Crippen LogP contribution in [0.5, 0.6) is 0 Å². The zero-order chi connectivity index (χ0) is 14.8. The standard InChI is InChI=1S/C15H18N2O3/c1-15(2,14(18)19)17(3)9-12-10-20-13(16-12)11-7-5-4-6-8-11/h4-8,10H,9H2,1-3H3,(H,18,19). The molecule has 1 aromatic carbocycles. The van der Waals surface area contributed by atoms with Crippen LogP contribution in [0.25, 0.3) is 11.5 Å². The van der Waals surface area contributed by atoms with Crippen molar-refractivity contribution in [1.29, 1.82) is 0 Å². The molecule has 0 aliphatic heterocycles. The first-order valence-electron chi connectivity index (χ1n) is 6.35. The lowest BCUT2D eigenvalue weighted by molar-refractivity contribution is -0.148. The number of carbonyl (C=O) groups is 1. The van der Waals surface area contributed by atoms with Crippen molar-refractivity contribution in [2.75, 3.05) is 7.05 Å². The highest BCUT2D eigenvalue weighted by Crippen LogP contribution is 2.20. The van der Waals surface area contributed by atoms with E-state index in [2.05, 4.69) is 4.98 Å². The SMILES string of the molecule is CN(Cc1coc(-c2ccccc2)n1)C(C)(C)C(=O)O. The average Bonchev–Trinajstić information content (AvgIpc) is 2.88. The Bertz CT molecular complexity index is 590. The minimum atomic E-state index is -0.953. The molecule has 2 rings (SSSR count). The quantitative estimate of drug-likeness (QED) is 0.907. The van der Waals surface area contributed by atoms with E-state index in [4.69, 9.17) is 4.42 Å². The van der Waals surface area contributed by atoms with Gasteiger partial charge in [0, 0.05) is 12.1 Å². The highest BCUT2D eigenvalue weighted by atomic mass is 16.4. The van der Waals surface area contributed by atoms with Crippen molar-refractivity contribution >= 4 is 5.97 Å². The molecule has 5 heteroatoms. The molecule has 106 valence electrons. The molecule has 0 fully saturated rings. The summed E-state index contributed by atoms with van der Waals surface area (Å²) in [5.74, 6) is -0.325. The van der Waals surface area contributed by atoms with Gasteiger partial charge in [0.15, 0.2) is 0 Å². The molecule has 0 saturated heterocycles. The molecule has 0 amide bonds. The van der Waals surface area contributed by atoms with Crippen molar-refractivity contribution in [2.45, 2.75) is 25.9 Å². The summed E-state index contributed by atoms with van der Waals surface area (Å²) in [6.07, 6.45) is 1.57. The van der Waals surface area contributed by atoms with E-state index < -0.39 is 11.5 Å². The van der Waals surface area contributed by atoms with Gasteiger partial charge in [-0.2, -0.15) is 0 Å². The van der Waals surface area contributed by atoms with Gasteiger partial charge in [-0.05, 0) is 33.0 Å². The monoisotopic (exact) mass is 274 g/mol. The number of nitrogens with zero attached hydrogens (tertiary/aromatic N) is 2. The number of rotatable bonds is 5. The van der Waals surface area contributed by atoms with Gasteiger partial charge in [0.25, 0.3) is 0 Å². The molecule has 0 aliphatic carbocycles. The third-order valence-corrected chi connectivity index (χ3v) is 3.45. The Morgan fingerprint density at radius 2 is 2.00 bits per heavy atom. The molecule has 2 aromatic rings. The van der Waals surface area contributed by atoms with E-state index in [0.717, 1.165) is 5.56 Å². The van der Waals surface area contributed by atoms with Gasteiger partial charge in [0.2, 0.25) is 5.89 Å². The predicted molar refractivity (Wildman–Crippen MR) is 75.1 cm³/mol. The second kappa shape index (κ2) is 5.46. The van der Waals surface area contributed by atoms with Crippen molar-refractivity contribution < 1.29 is 14.3 Å². The zero-order valence-corrected chi connectivity index (χ0v) is 11.8. The summed E-state index contributed by atoms with van der Waals surface area (Å²) in [5.41, 5.74) is 0.658. The lowest BCUT2D eigenvalue weighted by Crippen LogP contribution is -2.47. The van der Waals surface area contributed by atoms with Gasteiger partial charge in [-0.1, -0.05) is 18.2 Å². The van der Waals surface area contributed by atoms with Gasteiger partial charge >= 0.3 is 5.97 Å². The molecule has 5 nitrogen and oxygen atoms in total. The summed E-state index contributed by atoms with van der Waals surface area (Å²) in [6, 6.07) is 9.59. The Kier molecular flexibility index (Phi) is 3.90. The molecule has 1 aromatic heterocycles. The van der Waals surface area contributed by atoms with E-state index in [1.54, 1.807) is 32.1 Å². The predicted octanol–water partition coefficient (Wildman–Crippen LogP) is 2.64. The first-order chi connectivity index (χ1) is 9.41. The van der Waals surface area contributed by atoms with Crippen LogP contribution in [-0.4, -0.2) is 33.5 Å². The number of aliphatic carboxylic acids is 1. The molecular formula is C15H18N2O3. The summed E-state index contributed by atoms with van der Waals surface area (Å²) in [5, 5.41) is 9.19. The van der Waals surface area contributed by atoms with Crippen LogP contribution in [0.2, 0.25) is 0 Å². The number of oxazole rings is 1. The maximum absolute atomic E-state index is 11.2. The molecule has 0 bridgehead atoms. The molecule has 20 heavy (non-hydrogen) atoms. The molecule has 1 heterocycles. The maximum atomic E-state index is 11.2. The zero-order valence-electron chi connectivity index (χ0n) is 11.8. The number of hydrogen-bond donors (Lipinski definition) is 1. The topological polar surface area (TPSA) is 66.6 Å². The van der Waals surface area contributed by atoms with E-state index in [1.807, 2.05) is 30.3 Å². The summed E-state index contributed by atoms with van der Waals surface area (Å²) in [4.78, 5) is 17.3. The Labute approximate surface area is 117 Å². The van der Waals surface area contributed by atoms with Crippen LogP contribution in [0.1, 0.15) is 19.5 Å². The van der Waals surface area contributed by atoms with Gasteiger partial charge in [0.1, 0.15) is 11.8 Å². The highest BCUT2D eigenvalue weighted by Gasteiger charge is 2.32. The first kappa shape index (κ1) is 14.3. The van der Waals surface area contributed by atoms with Crippen LogP contribution >= 0.6 is 0 Å². The van der Waals surface area contributed by atoms with Crippen LogP contribution in [-0.2, 0) is 11.3 Å². The van der Waals surface area contributed by atoms with Gasteiger partial charge < -0.3 is 9.52 Å². The van der Waals surface area contributed by atoms with Crippen molar-refractivity contribution in [3.63, 3.8) is 0 Å². The molecule has 0 saturated carbocycles. The second-order valence-electron chi connectivity index (χ2n) is 5.23. The lowest BCUT2D eigenvalue weighted by Gasteiger charge is -2.30. The smallest absolute Gasteiger partial charge is 0.323 e. The molecule has 0 unspecified atom stereocenters. The number of carboxylic acids is 1. The molecular weight excluding hydrogens is 256 g/mol. The van der Waals surface area contributed by atoms with Crippen molar-refractivity contribution in [2.24, 2.45) is 0 Å². The maximum Gasteiger partial charge on any atom is 0.323 e. The van der Waals surface area contributed by atoms with Gasteiger partial charge in [-0.25, -0.2) is 4.98 Å². The third-order valence-electron chi connectivity index (χ3n) is 3.45. The van der Waals surface area contributed by atoms with Crippen molar-refractivity contribution in [3.05, 3.63) is 42.3 Å². The van der Waals surface area contributed by atoms with E-state index in [0.29, 0.717) is 18.1 Å². The average molecular weight is 274 g/mol. The molecule has 0 spiro atoms.